The number of nitrogens with one attached hydrogen (secondary N) is 1. The Hall–Kier alpha value is -1.43. The third kappa shape index (κ3) is 3.26. The van der Waals surface area contributed by atoms with Gasteiger partial charge in [0.1, 0.15) is 11.9 Å². The number of hydrogen-bond donors (Lipinski definition) is 1. The molecule has 0 spiro atoms. The van der Waals surface area contributed by atoms with Gasteiger partial charge in [0.2, 0.25) is 5.91 Å². The number of nitrogens with zero attached hydrogens (tertiary/aromatic N) is 2. The number of amides is 2. The zero-order valence-electron chi connectivity index (χ0n) is 12.5. The van der Waals surface area contributed by atoms with Crippen LogP contribution in [0.15, 0.2) is 16.7 Å². The summed E-state index contributed by atoms with van der Waals surface area (Å²) in [6.07, 6.45) is 3.45. The number of aryl methyl sites for hydroxylation is 1. The number of carbonyl (C=O) groups is 2. The van der Waals surface area contributed by atoms with Gasteiger partial charge in [-0.2, -0.15) is 0 Å². The van der Waals surface area contributed by atoms with Gasteiger partial charge < -0.3 is 5.32 Å². The van der Waals surface area contributed by atoms with Crippen molar-refractivity contribution in [3.63, 3.8) is 0 Å². The van der Waals surface area contributed by atoms with Crippen LogP contribution in [-0.4, -0.2) is 33.8 Å². The van der Waals surface area contributed by atoms with Crippen LogP contribution < -0.4 is 5.32 Å². The SMILES string of the molecule is CCC(CC)N1C(=O)CC(Nc2ncc(Br)cc2C)C1=O. The Morgan fingerprint density at radius 2 is 2.10 bits per heavy atom. The van der Waals surface area contributed by atoms with E-state index in [0.29, 0.717) is 5.82 Å². The lowest BCUT2D eigenvalue weighted by molar-refractivity contribution is -0.141. The van der Waals surface area contributed by atoms with E-state index >= 15 is 0 Å². The standard InChI is InChI=1S/C15H20BrN3O2/c1-4-11(5-2)19-13(20)7-12(15(19)21)18-14-9(3)6-10(16)8-17-14/h6,8,11-12H,4-5,7H2,1-3H3,(H,17,18). The summed E-state index contributed by atoms with van der Waals surface area (Å²) in [6, 6.07) is 1.41. The van der Waals surface area contributed by atoms with Crippen LogP contribution in [0.25, 0.3) is 0 Å². The van der Waals surface area contributed by atoms with E-state index in [-0.39, 0.29) is 24.3 Å². The molecular weight excluding hydrogens is 334 g/mol. The summed E-state index contributed by atoms with van der Waals surface area (Å²) in [7, 11) is 0. The summed E-state index contributed by atoms with van der Waals surface area (Å²) in [5.41, 5.74) is 0.936. The smallest absolute Gasteiger partial charge is 0.252 e. The van der Waals surface area contributed by atoms with E-state index in [1.54, 1.807) is 6.20 Å². The number of rotatable bonds is 5. The summed E-state index contributed by atoms with van der Waals surface area (Å²) in [6.45, 7) is 5.91. The molecular formula is C15H20BrN3O2. The Balaban J connectivity index is 2.15. The minimum Gasteiger partial charge on any atom is -0.358 e. The molecule has 2 heterocycles. The van der Waals surface area contributed by atoms with Crippen molar-refractivity contribution in [2.75, 3.05) is 5.32 Å². The van der Waals surface area contributed by atoms with Gasteiger partial charge in [-0.15, -0.1) is 0 Å². The predicted molar refractivity (Wildman–Crippen MR) is 84.9 cm³/mol. The number of imide groups is 1. The quantitative estimate of drug-likeness (QED) is 0.826. The van der Waals surface area contributed by atoms with Crippen molar-refractivity contribution >= 4 is 33.6 Å². The topological polar surface area (TPSA) is 62.3 Å². The highest BCUT2D eigenvalue weighted by atomic mass is 79.9. The number of aromatic nitrogens is 1. The molecule has 2 amide bonds. The van der Waals surface area contributed by atoms with Crippen molar-refractivity contribution in [3.05, 3.63) is 22.3 Å². The maximum atomic E-state index is 12.5. The molecule has 114 valence electrons. The number of anilines is 1. The first-order valence-corrected chi connectivity index (χ1v) is 8.01. The van der Waals surface area contributed by atoms with E-state index in [4.69, 9.17) is 0 Å². The lowest BCUT2D eigenvalue weighted by Crippen LogP contribution is -2.41. The van der Waals surface area contributed by atoms with Gasteiger partial charge in [-0.1, -0.05) is 13.8 Å². The van der Waals surface area contributed by atoms with Gasteiger partial charge in [0, 0.05) is 16.7 Å². The molecule has 1 saturated heterocycles. The second-order valence-electron chi connectivity index (χ2n) is 5.29. The highest BCUT2D eigenvalue weighted by molar-refractivity contribution is 9.10. The third-order valence-corrected chi connectivity index (χ3v) is 4.28. The molecule has 0 aromatic carbocycles. The van der Waals surface area contributed by atoms with Crippen LogP contribution in [0.3, 0.4) is 0 Å². The number of hydrogen-bond acceptors (Lipinski definition) is 4. The van der Waals surface area contributed by atoms with Gasteiger partial charge in [-0.25, -0.2) is 4.98 Å². The Morgan fingerprint density at radius 3 is 2.67 bits per heavy atom. The Bertz CT molecular complexity index is 558. The van der Waals surface area contributed by atoms with Crippen molar-refractivity contribution < 1.29 is 9.59 Å². The van der Waals surface area contributed by atoms with Crippen molar-refractivity contribution in [1.29, 1.82) is 0 Å². The number of carbonyl (C=O) groups excluding carboxylic acids is 2. The molecule has 1 aromatic heterocycles. The Morgan fingerprint density at radius 1 is 1.43 bits per heavy atom. The lowest BCUT2D eigenvalue weighted by Gasteiger charge is -2.24. The average Bonchev–Trinajstić information content (AvgIpc) is 2.71. The Kier molecular flexibility index (Phi) is 4.98. The second kappa shape index (κ2) is 6.56. The van der Waals surface area contributed by atoms with Crippen LogP contribution in [0.4, 0.5) is 5.82 Å². The van der Waals surface area contributed by atoms with Crippen LogP contribution >= 0.6 is 15.9 Å². The molecule has 21 heavy (non-hydrogen) atoms. The number of halogens is 1. The molecule has 1 aliphatic rings. The van der Waals surface area contributed by atoms with E-state index in [2.05, 4.69) is 26.2 Å². The largest absolute Gasteiger partial charge is 0.358 e. The van der Waals surface area contributed by atoms with Gasteiger partial charge in [-0.3, -0.25) is 14.5 Å². The van der Waals surface area contributed by atoms with Crippen LogP contribution in [0.1, 0.15) is 38.7 Å². The molecule has 1 atom stereocenters. The highest BCUT2D eigenvalue weighted by Crippen LogP contribution is 2.24. The molecule has 0 radical (unpaired) electrons. The van der Waals surface area contributed by atoms with E-state index in [1.807, 2.05) is 26.8 Å². The van der Waals surface area contributed by atoms with E-state index in [0.717, 1.165) is 22.9 Å². The van der Waals surface area contributed by atoms with Crippen molar-refractivity contribution in [2.45, 2.75) is 52.1 Å². The molecule has 0 bridgehead atoms. The average molecular weight is 354 g/mol. The summed E-state index contributed by atoms with van der Waals surface area (Å²) in [5.74, 6) is 0.412. The molecule has 1 aliphatic heterocycles. The molecule has 1 unspecified atom stereocenters. The van der Waals surface area contributed by atoms with E-state index in [9.17, 15) is 9.59 Å². The van der Waals surface area contributed by atoms with Gasteiger partial charge >= 0.3 is 0 Å². The molecule has 1 N–H and O–H groups in total. The molecule has 1 fully saturated rings. The highest BCUT2D eigenvalue weighted by Gasteiger charge is 2.41. The summed E-state index contributed by atoms with van der Waals surface area (Å²) in [5, 5.41) is 3.11. The fraction of sp³-hybridized carbons (Fsp3) is 0.533. The molecule has 6 heteroatoms. The monoisotopic (exact) mass is 353 g/mol. The third-order valence-electron chi connectivity index (χ3n) is 3.85. The van der Waals surface area contributed by atoms with Gasteiger partial charge in [0.25, 0.3) is 5.91 Å². The molecule has 0 aliphatic carbocycles. The fourth-order valence-corrected chi connectivity index (χ4v) is 3.10. The first-order valence-electron chi connectivity index (χ1n) is 7.22. The van der Waals surface area contributed by atoms with E-state index < -0.39 is 6.04 Å². The van der Waals surface area contributed by atoms with Crippen LogP contribution in [0, 0.1) is 6.92 Å². The first kappa shape index (κ1) is 15.9. The van der Waals surface area contributed by atoms with Crippen molar-refractivity contribution in [3.8, 4) is 0 Å². The Labute approximate surface area is 133 Å². The zero-order valence-corrected chi connectivity index (χ0v) is 14.1. The molecule has 1 aromatic rings. The minimum atomic E-state index is -0.509. The van der Waals surface area contributed by atoms with Crippen LogP contribution in [-0.2, 0) is 9.59 Å². The summed E-state index contributed by atoms with van der Waals surface area (Å²) in [4.78, 5) is 30.3. The maximum absolute atomic E-state index is 12.5. The lowest BCUT2D eigenvalue weighted by atomic mass is 10.1. The van der Waals surface area contributed by atoms with Crippen LogP contribution in [0.2, 0.25) is 0 Å². The number of pyridine rings is 1. The normalized spacial score (nSPS) is 18.7. The maximum Gasteiger partial charge on any atom is 0.252 e. The summed E-state index contributed by atoms with van der Waals surface area (Å²) >= 11 is 3.36. The first-order chi connectivity index (χ1) is 9.97. The number of likely N-dealkylation sites (tertiary alicyclic amines) is 1. The minimum absolute atomic E-state index is 0.00391. The summed E-state index contributed by atoms with van der Waals surface area (Å²) < 4.78 is 0.887. The van der Waals surface area contributed by atoms with Gasteiger partial charge in [-0.05, 0) is 47.3 Å². The van der Waals surface area contributed by atoms with Gasteiger partial charge in [0.15, 0.2) is 0 Å². The van der Waals surface area contributed by atoms with Crippen LogP contribution in [0.5, 0.6) is 0 Å². The molecule has 0 saturated carbocycles. The van der Waals surface area contributed by atoms with Crippen molar-refractivity contribution in [1.82, 2.24) is 9.88 Å². The predicted octanol–water partition coefficient (Wildman–Crippen LogP) is 2.88. The van der Waals surface area contributed by atoms with Gasteiger partial charge in [0.05, 0.1) is 6.42 Å². The zero-order chi connectivity index (χ0) is 15.6. The fourth-order valence-electron chi connectivity index (χ4n) is 2.66. The molecule has 2 rings (SSSR count). The second-order valence-corrected chi connectivity index (χ2v) is 6.21. The van der Waals surface area contributed by atoms with Crippen molar-refractivity contribution in [2.24, 2.45) is 0 Å². The molecule has 5 nitrogen and oxygen atoms in total. The van der Waals surface area contributed by atoms with E-state index in [1.165, 1.54) is 4.90 Å².